The van der Waals surface area contributed by atoms with Crippen LogP contribution in [0, 0.1) is 0 Å². The Morgan fingerprint density at radius 2 is 1.74 bits per heavy atom. The number of anilines is 3. The smallest absolute Gasteiger partial charge is 0.115 e. The van der Waals surface area contributed by atoms with Gasteiger partial charge >= 0.3 is 0 Å². The molecule has 2 aromatic carbocycles. The number of fused-ring (bicyclic) bond motifs is 1. The van der Waals surface area contributed by atoms with Crippen molar-refractivity contribution in [1.82, 2.24) is 0 Å². The third-order valence-electron chi connectivity index (χ3n) is 3.63. The molecule has 3 rings (SSSR count). The molecule has 0 aliphatic carbocycles. The van der Waals surface area contributed by atoms with Gasteiger partial charge in [0.05, 0.1) is 0 Å². The molecule has 0 saturated heterocycles. The Labute approximate surface area is 113 Å². The molecule has 0 spiro atoms. The molecule has 0 bridgehead atoms. The van der Waals surface area contributed by atoms with Gasteiger partial charge in [0.15, 0.2) is 0 Å². The fourth-order valence-electron chi connectivity index (χ4n) is 2.46. The summed E-state index contributed by atoms with van der Waals surface area (Å²) in [5, 5.41) is 16.1. The zero-order valence-electron chi connectivity index (χ0n) is 11.2. The minimum atomic E-state index is 0.169. The summed E-state index contributed by atoms with van der Waals surface area (Å²) in [5.41, 5.74) is 4.78. The molecule has 1 aliphatic rings. The van der Waals surface area contributed by atoms with Crippen LogP contribution < -0.4 is 10.6 Å². The van der Waals surface area contributed by atoms with Crippen LogP contribution in [-0.4, -0.2) is 11.7 Å². The molecule has 19 heavy (non-hydrogen) atoms. The van der Waals surface area contributed by atoms with Gasteiger partial charge in [-0.25, -0.2) is 0 Å². The molecule has 0 saturated carbocycles. The molecule has 0 amide bonds. The topological polar surface area (TPSA) is 44.3 Å². The Kier molecular flexibility index (Phi) is 2.63. The largest absolute Gasteiger partial charge is 0.508 e. The summed E-state index contributed by atoms with van der Waals surface area (Å²) >= 11 is 0. The molecule has 0 unspecified atom stereocenters. The number of nitrogens with one attached hydrogen (secondary N) is 2. The molecule has 0 radical (unpaired) electrons. The van der Waals surface area contributed by atoms with Gasteiger partial charge in [0.2, 0.25) is 0 Å². The third kappa shape index (κ3) is 2.24. The summed E-state index contributed by atoms with van der Waals surface area (Å²) in [6.45, 7) is 5.47. The predicted molar refractivity (Wildman–Crippen MR) is 79.3 cm³/mol. The zero-order chi connectivity index (χ0) is 13.5. The number of phenolic OH excluding ortho intramolecular Hbond substituents is 1. The second-order valence-corrected chi connectivity index (χ2v) is 5.67. The zero-order valence-corrected chi connectivity index (χ0v) is 11.2. The van der Waals surface area contributed by atoms with Crippen LogP contribution in [0.1, 0.15) is 19.4 Å². The molecule has 0 fully saturated rings. The molecule has 3 heteroatoms. The van der Waals surface area contributed by atoms with Crippen LogP contribution in [0.5, 0.6) is 5.75 Å². The van der Waals surface area contributed by atoms with E-state index in [0.717, 1.165) is 17.9 Å². The van der Waals surface area contributed by atoms with Crippen molar-refractivity contribution in [2.24, 2.45) is 0 Å². The lowest BCUT2D eigenvalue weighted by molar-refractivity contribution is 0.475. The van der Waals surface area contributed by atoms with Crippen molar-refractivity contribution in [3.05, 3.63) is 48.0 Å². The van der Waals surface area contributed by atoms with Crippen LogP contribution >= 0.6 is 0 Å². The van der Waals surface area contributed by atoms with E-state index in [1.807, 2.05) is 12.1 Å². The van der Waals surface area contributed by atoms with Gasteiger partial charge in [0.25, 0.3) is 0 Å². The van der Waals surface area contributed by atoms with Crippen LogP contribution in [0.25, 0.3) is 0 Å². The predicted octanol–water partition coefficient (Wildman–Crippen LogP) is 3.84. The molecule has 0 atom stereocenters. The molecule has 2 aromatic rings. The van der Waals surface area contributed by atoms with Crippen molar-refractivity contribution < 1.29 is 5.11 Å². The molecule has 98 valence electrons. The van der Waals surface area contributed by atoms with Crippen molar-refractivity contribution in [2.75, 3.05) is 17.2 Å². The van der Waals surface area contributed by atoms with E-state index < -0.39 is 0 Å². The number of phenols is 1. The molecule has 3 nitrogen and oxygen atoms in total. The van der Waals surface area contributed by atoms with Gasteiger partial charge < -0.3 is 15.7 Å². The molecular formula is C16H18N2O. The quantitative estimate of drug-likeness (QED) is 0.713. The maximum atomic E-state index is 9.28. The van der Waals surface area contributed by atoms with E-state index in [1.165, 1.54) is 11.3 Å². The highest BCUT2D eigenvalue weighted by Crippen LogP contribution is 2.38. The number of hydrogen-bond acceptors (Lipinski definition) is 3. The first-order chi connectivity index (χ1) is 9.04. The van der Waals surface area contributed by atoms with E-state index in [4.69, 9.17) is 0 Å². The summed E-state index contributed by atoms with van der Waals surface area (Å²) in [5.74, 6) is 0.282. The van der Waals surface area contributed by atoms with Crippen molar-refractivity contribution in [3.8, 4) is 5.75 Å². The summed E-state index contributed by atoms with van der Waals surface area (Å²) < 4.78 is 0. The van der Waals surface area contributed by atoms with Gasteiger partial charge in [0, 0.05) is 29.0 Å². The van der Waals surface area contributed by atoms with Crippen molar-refractivity contribution in [3.63, 3.8) is 0 Å². The van der Waals surface area contributed by atoms with Gasteiger partial charge in [-0.1, -0.05) is 13.8 Å². The van der Waals surface area contributed by atoms with Crippen molar-refractivity contribution in [2.45, 2.75) is 19.3 Å². The second-order valence-electron chi connectivity index (χ2n) is 5.67. The van der Waals surface area contributed by atoms with Gasteiger partial charge in [-0.05, 0) is 48.0 Å². The maximum Gasteiger partial charge on any atom is 0.115 e. The lowest BCUT2D eigenvalue weighted by Crippen LogP contribution is -2.18. The number of hydrogen-bond donors (Lipinski definition) is 3. The highest BCUT2D eigenvalue weighted by molar-refractivity contribution is 5.69. The maximum absolute atomic E-state index is 9.28. The lowest BCUT2D eigenvalue weighted by atomic mass is 9.87. The molecule has 0 aromatic heterocycles. The van der Waals surface area contributed by atoms with Crippen molar-refractivity contribution in [1.29, 1.82) is 0 Å². The minimum Gasteiger partial charge on any atom is -0.508 e. The number of rotatable bonds is 2. The number of aromatic hydroxyl groups is 1. The Bertz CT molecular complexity index is 603. The first-order valence-electron chi connectivity index (χ1n) is 6.49. The van der Waals surface area contributed by atoms with E-state index in [-0.39, 0.29) is 11.2 Å². The SMILES string of the molecule is CC1(C)CNc2ccc(Nc3ccc(O)cc3)cc21. The first kappa shape index (κ1) is 11.9. The van der Waals surface area contributed by atoms with Gasteiger partial charge in [0.1, 0.15) is 5.75 Å². The van der Waals surface area contributed by atoms with E-state index >= 15 is 0 Å². The molecule has 3 N–H and O–H groups in total. The second kappa shape index (κ2) is 4.19. The van der Waals surface area contributed by atoms with E-state index in [9.17, 15) is 5.11 Å². The normalized spacial score (nSPS) is 15.7. The Hall–Kier alpha value is -2.16. The van der Waals surface area contributed by atoms with E-state index in [1.54, 1.807) is 12.1 Å². The van der Waals surface area contributed by atoms with Gasteiger partial charge in [-0.15, -0.1) is 0 Å². The third-order valence-corrected chi connectivity index (χ3v) is 3.63. The molecule has 1 heterocycles. The highest BCUT2D eigenvalue weighted by Gasteiger charge is 2.29. The van der Waals surface area contributed by atoms with Crippen LogP contribution in [-0.2, 0) is 5.41 Å². The van der Waals surface area contributed by atoms with Crippen LogP contribution in [0.2, 0.25) is 0 Å². The fraction of sp³-hybridized carbons (Fsp3) is 0.250. The summed E-state index contributed by atoms with van der Waals surface area (Å²) in [6.07, 6.45) is 0. The lowest BCUT2D eigenvalue weighted by Gasteiger charge is -2.18. The molecular weight excluding hydrogens is 236 g/mol. The summed E-state index contributed by atoms with van der Waals surface area (Å²) in [4.78, 5) is 0. The van der Waals surface area contributed by atoms with Crippen LogP contribution in [0.15, 0.2) is 42.5 Å². The average Bonchev–Trinajstić information content (AvgIpc) is 2.69. The Morgan fingerprint density at radius 1 is 1.05 bits per heavy atom. The van der Waals surface area contributed by atoms with Crippen LogP contribution in [0.3, 0.4) is 0 Å². The van der Waals surface area contributed by atoms with Gasteiger partial charge in [-0.3, -0.25) is 0 Å². The highest BCUT2D eigenvalue weighted by atomic mass is 16.3. The van der Waals surface area contributed by atoms with E-state index in [0.29, 0.717) is 0 Å². The fourth-order valence-corrected chi connectivity index (χ4v) is 2.46. The standard InChI is InChI=1S/C16H18N2O/c1-16(2)10-17-15-8-5-12(9-14(15)16)18-11-3-6-13(19)7-4-11/h3-9,17-19H,10H2,1-2H3. The minimum absolute atomic E-state index is 0.169. The monoisotopic (exact) mass is 254 g/mol. The first-order valence-corrected chi connectivity index (χ1v) is 6.49. The van der Waals surface area contributed by atoms with Crippen molar-refractivity contribution >= 4 is 17.1 Å². The number of benzene rings is 2. The van der Waals surface area contributed by atoms with Crippen LogP contribution in [0.4, 0.5) is 17.1 Å². The van der Waals surface area contributed by atoms with E-state index in [2.05, 4.69) is 42.7 Å². The van der Waals surface area contributed by atoms with Gasteiger partial charge in [-0.2, -0.15) is 0 Å². The Morgan fingerprint density at radius 3 is 2.47 bits per heavy atom. The molecule has 1 aliphatic heterocycles. The average molecular weight is 254 g/mol. The summed E-state index contributed by atoms with van der Waals surface area (Å²) in [7, 11) is 0. The summed E-state index contributed by atoms with van der Waals surface area (Å²) in [6, 6.07) is 13.5. The Balaban J connectivity index is 1.89.